The molecule has 1 atom stereocenters. The van der Waals surface area contributed by atoms with E-state index in [0.717, 1.165) is 0 Å². The van der Waals surface area contributed by atoms with Crippen LogP contribution in [0, 0.1) is 10.1 Å². The number of rotatable bonds is 3. The van der Waals surface area contributed by atoms with E-state index in [1.54, 1.807) is 20.8 Å². The number of hydrogen-bond acceptors (Lipinski definition) is 4. The summed E-state index contributed by atoms with van der Waals surface area (Å²) in [5, 5.41) is 9.52. The van der Waals surface area contributed by atoms with Gasteiger partial charge in [0.15, 0.2) is 5.38 Å². The lowest BCUT2D eigenvalue weighted by molar-refractivity contribution is -0.384. The molecule has 98 valence electrons. The Kier molecular flexibility index (Phi) is 4.29. The molecule has 0 bridgehead atoms. The average Bonchev–Trinajstić information content (AvgIpc) is 2.26. The summed E-state index contributed by atoms with van der Waals surface area (Å²) < 4.78 is 5.13. The Labute approximate surface area is 110 Å². The molecule has 0 heterocycles. The first-order valence-electron chi connectivity index (χ1n) is 5.32. The van der Waals surface area contributed by atoms with Crippen LogP contribution in [-0.4, -0.2) is 16.5 Å². The van der Waals surface area contributed by atoms with Crippen LogP contribution < -0.4 is 0 Å². The molecule has 0 aromatic heterocycles. The molecule has 0 saturated heterocycles. The summed E-state index contributed by atoms with van der Waals surface area (Å²) in [5.74, 6) is -0.571. The van der Waals surface area contributed by atoms with E-state index in [4.69, 9.17) is 16.3 Å². The zero-order valence-corrected chi connectivity index (χ0v) is 11.1. The number of hydrogen-bond donors (Lipinski definition) is 0. The summed E-state index contributed by atoms with van der Waals surface area (Å²) in [5.41, 5.74) is -0.200. The van der Waals surface area contributed by atoms with Crippen molar-refractivity contribution in [2.45, 2.75) is 31.7 Å². The van der Waals surface area contributed by atoms with Crippen LogP contribution in [-0.2, 0) is 9.53 Å². The number of nitro groups is 1. The molecule has 0 aliphatic heterocycles. The lowest BCUT2D eigenvalue weighted by atomic mass is 10.1. The number of alkyl halides is 1. The van der Waals surface area contributed by atoms with E-state index in [0.29, 0.717) is 5.56 Å². The van der Waals surface area contributed by atoms with Crippen molar-refractivity contribution in [2.75, 3.05) is 0 Å². The van der Waals surface area contributed by atoms with E-state index in [9.17, 15) is 14.9 Å². The standard InChI is InChI=1S/C12H14ClNO4/c1-12(2,3)18-11(15)10(13)8-4-6-9(7-5-8)14(16)17/h4-7,10H,1-3H3. The highest BCUT2D eigenvalue weighted by molar-refractivity contribution is 6.30. The molecular formula is C12H14ClNO4. The number of carbonyl (C=O) groups excluding carboxylic acids is 1. The fraction of sp³-hybridized carbons (Fsp3) is 0.417. The number of ether oxygens (including phenoxy) is 1. The third kappa shape index (κ3) is 4.00. The number of halogens is 1. The van der Waals surface area contributed by atoms with Crippen molar-refractivity contribution in [1.29, 1.82) is 0 Å². The van der Waals surface area contributed by atoms with Crippen molar-refractivity contribution in [1.82, 2.24) is 0 Å². The molecule has 18 heavy (non-hydrogen) atoms. The molecule has 0 N–H and O–H groups in total. The first kappa shape index (κ1) is 14.4. The van der Waals surface area contributed by atoms with Crippen LogP contribution in [0.1, 0.15) is 31.7 Å². The average molecular weight is 272 g/mol. The first-order chi connectivity index (χ1) is 8.20. The zero-order chi connectivity index (χ0) is 13.9. The zero-order valence-electron chi connectivity index (χ0n) is 10.3. The van der Waals surface area contributed by atoms with Crippen molar-refractivity contribution in [2.24, 2.45) is 0 Å². The predicted octanol–water partition coefficient (Wildman–Crippen LogP) is 3.22. The minimum Gasteiger partial charge on any atom is -0.459 e. The molecule has 6 heteroatoms. The number of nitro benzene ring substituents is 1. The van der Waals surface area contributed by atoms with Crippen molar-refractivity contribution in [3.8, 4) is 0 Å². The van der Waals surface area contributed by atoms with Crippen LogP contribution >= 0.6 is 11.6 Å². The Morgan fingerprint density at radius 3 is 2.22 bits per heavy atom. The van der Waals surface area contributed by atoms with Gasteiger partial charge in [0.2, 0.25) is 0 Å². The lowest BCUT2D eigenvalue weighted by Crippen LogP contribution is -2.26. The second-order valence-electron chi connectivity index (χ2n) is 4.74. The van der Waals surface area contributed by atoms with E-state index in [1.807, 2.05) is 0 Å². The third-order valence-electron chi connectivity index (χ3n) is 2.01. The Hall–Kier alpha value is -1.62. The number of esters is 1. The summed E-state index contributed by atoms with van der Waals surface area (Å²) >= 11 is 5.95. The fourth-order valence-corrected chi connectivity index (χ4v) is 1.44. The van der Waals surface area contributed by atoms with Gasteiger partial charge in [-0.1, -0.05) is 12.1 Å². The molecule has 0 saturated carbocycles. The van der Waals surface area contributed by atoms with E-state index in [1.165, 1.54) is 24.3 Å². The largest absolute Gasteiger partial charge is 0.459 e. The summed E-state index contributed by atoms with van der Waals surface area (Å²) in [7, 11) is 0. The third-order valence-corrected chi connectivity index (χ3v) is 2.44. The summed E-state index contributed by atoms with van der Waals surface area (Å²) in [6, 6.07) is 5.49. The maximum absolute atomic E-state index is 11.7. The van der Waals surface area contributed by atoms with Crippen LogP contribution in [0.4, 0.5) is 5.69 Å². The summed E-state index contributed by atoms with van der Waals surface area (Å²) in [6.07, 6.45) is 0. The van der Waals surface area contributed by atoms with Gasteiger partial charge in [0.05, 0.1) is 4.92 Å². The molecule has 1 rings (SSSR count). The maximum Gasteiger partial charge on any atom is 0.329 e. The number of carbonyl (C=O) groups is 1. The smallest absolute Gasteiger partial charge is 0.329 e. The molecule has 1 aromatic rings. The number of nitrogens with zero attached hydrogens (tertiary/aromatic N) is 1. The fourth-order valence-electron chi connectivity index (χ4n) is 1.25. The number of non-ortho nitro benzene ring substituents is 1. The van der Waals surface area contributed by atoms with Crippen LogP contribution in [0.5, 0.6) is 0 Å². The van der Waals surface area contributed by atoms with Gasteiger partial charge in [0.25, 0.3) is 5.69 Å². The van der Waals surface area contributed by atoms with Crippen LogP contribution in [0.3, 0.4) is 0 Å². The van der Waals surface area contributed by atoms with Gasteiger partial charge in [0.1, 0.15) is 5.60 Å². The lowest BCUT2D eigenvalue weighted by Gasteiger charge is -2.21. The Morgan fingerprint density at radius 2 is 1.83 bits per heavy atom. The Morgan fingerprint density at radius 1 is 1.33 bits per heavy atom. The topological polar surface area (TPSA) is 69.4 Å². The second kappa shape index (κ2) is 5.35. The van der Waals surface area contributed by atoms with Crippen LogP contribution in [0.15, 0.2) is 24.3 Å². The minimum absolute atomic E-state index is 0.0493. The monoisotopic (exact) mass is 271 g/mol. The highest BCUT2D eigenvalue weighted by Crippen LogP contribution is 2.26. The normalized spacial score (nSPS) is 12.9. The minimum atomic E-state index is -0.968. The van der Waals surface area contributed by atoms with Crippen LogP contribution in [0.25, 0.3) is 0 Å². The van der Waals surface area contributed by atoms with Crippen molar-refractivity contribution in [3.63, 3.8) is 0 Å². The molecule has 0 aliphatic rings. The van der Waals surface area contributed by atoms with Gasteiger partial charge < -0.3 is 4.74 Å². The molecule has 0 aliphatic carbocycles. The van der Waals surface area contributed by atoms with E-state index in [2.05, 4.69) is 0 Å². The van der Waals surface area contributed by atoms with Crippen molar-refractivity contribution in [3.05, 3.63) is 39.9 Å². The molecule has 1 unspecified atom stereocenters. The van der Waals surface area contributed by atoms with E-state index in [-0.39, 0.29) is 5.69 Å². The van der Waals surface area contributed by atoms with Gasteiger partial charge in [-0.05, 0) is 26.3 Å². The highest BCUT2D eigenvalue weighted by atomic mass is 35.5. The molecule has 0 fully saturated rings. The summed E-state index contributed by atoms with van der Waals surface area (Å²) in [6.45, 7) is 5.22. The van der Waals surface area contributed by atoms with Crippen molar-refractivity contribution < 1.29 is 14.5 Å². The van der Waals surface area contributed by atoms with E-state index < -0.39 is 21.9 Å². The highest BCUT2D eigenvalue weighted by Gasteiger charge is 2.25. The molecule has 0 radical (unpaired) electrons. The van der Waals surface area contributed by atoms with Crippen molar-refractivity contribution >= 4 is 23.3 Å². The number of benzene rings is 1. The molecule has 0 amide bonds. The van der Waals surface area contributed by atoms with Crippen LogP contribution in [0.2, 0.25) is 0 Å². The summed E-state index contributed by atoms with van der Waals surface area (Å²) in [4.78, 5) is 21.7. The molecule has 5 nitrogen and oxygen atoms in total. The van der Waals surface area contributed by atoms with Gasteiger partial charge in [-0.25, -0.2) is 0 Å². The first-order valence-corrected chi connectivity index (χ1v) is 5.75. The van der Waals surface area contributed by atoms with Gasteiger partial charge >= 0.3 is 5.97 Å². The predicted molar refractivity (Wildman–Crippen MR) is 67.5 cm³/mol. The maximum atomic E-state index is 11.7. The SMILES string of the molecule is CC(C)(C)OC(=O)C(Cl)c1ccc([N+](=O)[O-])cc1. The molecule has 0 spiro atoms. The molecular weight excluding hydrogens is 258 g/mol. The second-order valence-corrected chi connectivity index (χ2v) is 5.18. The van der Waals surface area contributed by atoms with Gasteiger partial charge in [0, 0.05) is 12.1 Å². The quantitative estimate of drug-likeness (QED) is 0.366. The Balaban J connectivity index is 2.81. The van der Waals surface area contributed by atoms with Gasteiger partial charge in [-0.15, -0.1) is 11.6 Å². The molecule has 1 aromatic carbocycles. The van der Waals surface area contributed by atoms with Gasteiger partial charge in [-0.2, -0.15) is 0 Å². The Bertz CT molecular complexity index is 450. The van der Waals surface area contributed by atoms with E-state index >= 15 is 0 Å². The van der Waals surface area contributed by atoms with Gasteiger partial charge in [-0.3, -0.25) is 14.9 Å².